The van der Waals surface area contributed by atoms with Crippen LogP contribution in [0.15, 0.2) is 23.1 Å². The first-order valence-electron chi connectivity index (χ1n) is 6.67. The Morgan fingerprint density at radius 1 is 1.43 bits per heavy atom. The van der Waals surface area contributed by atoms with Gasteiger partial charge in [-0.25, -0.2) is 8.42 Å². The zero-order valence-corrected chi connectivity index (χ0v) is 12.8. The molecule has 1 fully saturated rings. The maximum atomic E-state index is 12.4. The molecule has 0 spiro atoms. The highest BCUT2D eigenvalue weighted by atomic mass is 32.2. The maximum Gasteiger partial charge on any atom is 0.273 e. The Morgan fingerprint density at radius 3 is 2.57 bits per heavy atom. The standard InChI is InChI=1S/C13H18N2O5S/c1-3-6-13(16)8-14(9-13)21(19,20)11-5-4-10(2)12(7-11)15(17)18/h4-5,7,16H,3,6,8-9H2,1-2H3. The van der Waals surface area contributed by atoms with Crippen molar-refractivity contribution in [1.29, 1.82) is 0 Å². The van der Waals surface area contributed by atoms with Crippen molar-refractivity contribution < 1.29 is 18.4 Å². The minimum absolute atomic E-state index is 0.0326. The van der Waals surface area contributed by atoms with Crippen molar-refractivity contribution in [3.8, 4) is 0 Å². The lowest BCUT2D eigenvalue weighted by Gasteiger charge is -2.45. The molecule has 2 rings (SSSR count). The molecular formula is C13H18N2O5S. The zero-order chi connectivity index (χ0) is 15.8. The van der Waals surface area contributed by atoms with E-state index in [9.17, 15) is 23.6 Å². The number of nitro benzene ring substituents is 1. The third-order valence-electron chi connectivity index (χ3n) is 3.67. The number of hydrogen-bond donors (Lipinski definition) is 1. The molecule has 0 aliphatic carbocycles. The fourth-order valence-corrected chi connectivity index (χ4v) is 4.12. The number of benzene rings is 1. The SMILES string of the molecule is CCCC1(O)CN(S(=O)(=O)c2ccc(C)c([N+](=O)[O-])c2)C1. The van der Waals surface area contributed by atoms with Crippen molar-refractivity contribution in [2.75, 3.05) is 13.1 Å². The van der Waals surface area contributed by atoms with Gasteiger partial charge in [0, 0.05) is 24.7 Å². The molecule has 0 unspecified atom stereocenters. The second-order valence-corrected chi connectivity index (χ2v) is 7.39. The topological polar surface area (TPSA) is 101 Å². The largest absolute Gasteiger partial charge is 0.387 e. The number of sulfonamides is 1. The van der Waals surface area contributed by atoms with Crippen molar-refractivity contribution in [1.82, 2.24) is 4.31 Å². The second-order valence-electron chi connectivity index (χ2n) is 5.45. The van der Waals surface area contributed by atoms with Gasteiger partial charge in [-0.2, -0.15) is 4.31 Å². The van der Waals surface area contributed by atoms with E-state index < -0.39 is 20.5 Å². The summed E-state index contributed by atoms with van der Waals surface area (Å²) < 4.78 is 25.9. The summed E-state index contributed by atoms with van der Waals surface area (Å²) in [5, 5.41) is 21.0. The molecule has 1 heterocycles. The molecule has 0 radical (unpaired) electrons. The Morgan fingerprint density at radius 2 is 2.05 bits per heavy atom. The molecule has 1 aromatic rings. The molecule has 8 heteroatoms. The van der Waals surface area contributed by atoms with Crippen LogP contribution in [0.25, 0.3) is 0 Å². The predicted molar refractivity (Wildman–Crippen MR) is 76.5 cm³/mol. The van der Waals surface area contributed by atoms with Crippen LogP contribution in [0.2, 0.25) is 0 Å². The van der Waals surface area contributed by atoms with Crippen LogP contribution in [-0.2, 0) is 10.0 Å². The molecule has 0 saturated carbocycles. The van der Waals surface area contributed by atoms with Crippen molar-refractivity contribution >= 4 is 15.7 Å². The third kappa shape index (κ3) is 2.92. The number of nitro groups is 1. The minimum atomic E-state index is -3.80. The average Bonchev–Trinajstić information content (AvgIpc) is 2.36. The van der Waals surface area contributed by atoms with Crippen molar-refractivity contribution in [3.05, 3.63) is 33.9 Å². The summed E-state index contributed by atoms with van der Waals surface area (Å²) in [5.41, 5.74) is -0.788. The molecule has 0 atom stereocenters. The number of rotatable bonds is 5. The highest BCUT2D eigenvalue weighted by Gasteiger charge is 2.46. The molecule has 1 aliphatic rings. The van der Waals surface area contributed by atoms with Gasteiger partial charge in [-0.3, -0.25) is 10.1 Å². The van der Waals surface area contributed by atoms with Crippen LogP contribution in [0.3, 0.4) is 0 Å². The first-order chi connectivity index (χ1) is 9.69. The molecule has 1 aromatic carbocycles. The normalized spacial score (nSPS) is 18.2. The van der Waals surface area contributed by atoms with Gasteiger partial charge in [-0.1, -0.05) is 19.4 Å². The van der Waals surface area contributed by atoms with E-state index in [1.165, 1.54) is 12.1 Å². The molecule has 7 nitrogen and oxygen atoms in total. The van der Waals surface area contributed by atoms with E-state index in [1.54, 1.807) is 6.92 Å². The van der Waals surface area contributed by atoms with Crippen LogP contribution in [0.5, 0.6) is 0 Å². The zero-order valence-electron chi connectivity index (χ0n) is 11.9. The van der Waals surface area contributed by atoms with Crippen LogP contribution in [0.1, 0.15) is 25.3 Å². The van der Waals surface area contributed by atoms with E-state index in [2.05, 4.69) is 0 Å². The van der Waals surface area contributed by atoms with Crippen LogP contribution >= 0.6 is 0 Å². The lowest BCUT2D eigenvalue weighted by atomic mass is 9.92. The Bertz CT molecular complexity index is 665. The van der Waals surface area contributed by atoms with Crippen LogP contribution in [0.4, 0.5) is 5.69 Å². The summed E-state index contributed by atoms with van der Waals surface area (Å²) in [5.74, 6) is 0. The lowest BCUT2D eigenvalue weighted by Crippen LogP contribution is -2.63. The molecular weight excluding hydrogens is 296 g/mol. The van der Waals surface area contributed by atoms with Gasteiger partial charge < -0.3 is 5.11 Å². The number of β-amino-alcohol motifs (C(OH)–C–C–N with tert-alkyl or cyclic N) is 1. The van der Waals surface area contributed by atoms with E-state index >= 15 is 0 Å². The highest BCUT2D eigenvalue weighted by Crippen LogP contribution is 2.32. The summed E-state index contributed by atoms with van der Waals surface area (Å²) in [6, 6.07) is 3.85. The van der Waals surface area contributed by atoms with Crippen molar-refractivity contribution in [2.24, 2.45) is 0 Å². The van der Waals surface area contributed by atoms with Crippen LogP contribution in [-0.4, -0.2) is 41.4 Å². The maximum absolute atomic E-state index is 12.4. The summed E-state index contributed by atoms with van der Waals surface area (Å²) in [6.07, 6.45) is 1.30. The second kappa shape index (κ2) is 5.36. The van der Waals surface area contributed by atoms with E-state index in [0.717, 1.165) is 16.8 Å². The predicted octanol–water partition coefficient (Wildman–Crippen LogP) is 1.44. The molecule has 116 valence electrons. The van der Waals surface area contributed by atoms with Crippen LogP contribution < -0.4 is 0 Å². The Hall–Kier alpha value is -1.51. The molecule has 21 heavy (non-hydrogen) atoms. The number of aliphatic hydroxyl groups is 1. The fraction of sp³-hybridized carbons (Fsp3) is 0.538. The lowest BCUT2D eigenvalue weighted by molar-refractivity contribution is -0.385. The Labute approximate surface area is 123 Å². The number of nitrogens with zero attached hydrogens (tertiary/aromatic N) is 2. The number of hydrogen-bond acceptors (Lipinski definition) is 5. The van der Waals surface area contributed by atoms with Gasteiger partial charge in [0.05, 0.1) is 15.4 Å². The van der Waals surface area contributed by atoms with Gasteiger partial charge >= 0.3 is 0 Å². The third-order valence-corrected chi connectivity index (χ3v) is 5.46. The van der Waals surface area contributed by atoms with Gasteiger partial charge in [0.25, 0.3) is 5.69 Å². The fourth-order valence-electron chi connectivity index (χ4n) is 2.50. The van der Waals surface area contributed by atoms with Crippen molar-refractivity contribution in [2.45, 2.75) is 37.2 Å². The molecule has 0 bridgehead atoms. The summed E-state index contributed by atoms with van der Waals surface area (Å²) >= 11 is 0. The summed E-state index contributed by atoms with van der Waals surface area (Å²) in [4.78, 5) is 10.2. The molecule has 1 aliphatic heterocycles. The average molecular weight is 314 g/mol. The number of aryl methyl sites for hydroxylation is 1. The van der Waals surface area contributed by atoms with Gasteiger partial charge in [-0.15, -0.1) is 0 Å². The molecule has 0 aromatic heterocycles. The van der Waals surface area contributed by atoms with Gasteiger partial charge in [0.15, 0.2) is 0 Å². The first kappa shape index (κ1) is 15.9. The van der Waals surface area contributed by atoms with E-state index in [4.69, 9.17) is 0 Å². The van der Waals surface area contributed by atoms with E-state index in [0.29, 0.717) is 12.0 Å². The van der Waals surface area contributed by atoms with Gasteiger partial charge in [0.1, 0.15) is 0 Å². The first-order valence-corrected chi connectivity index (χ1v) is 8.11. The molecule has 1 N–H and O–H groups in total. The smallest absolute Gasteiger partial charge is 0.273 e. The summed E-state index contributed by atoms with van der Waals surface area (Å²) in [6.45, 7) is 3.53. The summed E-state index contributed by atoms with van der Waals surface area (Å²) in [7, 11) is -3.80. The molecule has 0 amide bonds. The molecule has 1 saturated heterocycles. The van der Waals surface area contributed by atoms with E-state index in [-0.39, 0.29) is 23.7 Å². The quantitative estimate of drug-likeness (QED) is 0.654. The monoisotopic (exact) mass is 314 g/mol. The van der Waals surface area contributed by atoms with Crippen molar-refractivity contribution in [3.63, 3.8) is 0 Å². The van der Waals surface area contributed by atoms with E-state index in [1.807, 2.05) is 6.92 Å². The van der Waals surface area contributed by atoms with Crippen LogP contribution in [0, 0.1) is 17.0 Å². The minimum Gasteiger partial charge on any atom is -0.387 e. The van der Waals surface area contributed by atoms with Gasteiger partial charge in [-0.05, 0) is 19.4 Å². The Kier molecular flexibility index (Phi) is 4.05. The van der Waals surface area contributed by atoms with Gasteiger partial charge in [0.2, 0.25) is 10.0 Å². The highest BCUT2D eigenvalue weighted by molar-refractivity contribution is 7.89. The Balaban J connectivity index is 2.26.